The van der Waals surface area contributed by atoms with Gasteiger partial charge >= 0.3 is 17.9 Å². The SMILES string of the molecule is C=CC(=O)OC1=C(Oc2ccccc2)O1. The summed E-state index contributed by atoms with van der Waals surface area (Å²) in [5.41, 5.74) is 0. The molecule has 15 heavy (non-hydrogen) atoms. The molecule has 4 heteroatoms. The molecule has 0 radical (unpaired) electrons. The van der Waals surface area contributed by atoms with Crippen LogP contribution in [-0.4, -0.2) is 5.97 Å². The maximum Gasteiger partial charge on any atom is 0.381 e. The third-order valence-electron chi connectivity index (χ3n) is 1.62. The topological polar surface area (TPSA) is 48.1 Å². The average Bonchev–Trinajstić information content (AvgIpc) is 2.97. The van der Waals surface area contributed by atoms with E-state index in [0.29, 0.717) is 5.75 Å². The fourth-order valence-electron chi connectivity index (χ4n) is 0.912. The molecule has 0 amide bonds. The van der Waals surface area contributed by atoms with E-state index in [2.05, 4.69) is 11.3 Å². The van der Waals surface area contributed by atoms with E-state index in [1.54, 1.807) is 12.1 Å². The molecule has 0 saturated carbocycles. The summed E-state index contributed by atoms with van der Waals surface area (Å²) in [6.07, 6.45) is 1.05. The van der Waals surface area contributed by atoms with E-state index >= 15 is 0 Å². The van der Waals surface area contributed by atoms with E-state index in [1.807, 2.05) is 18.2 Å². The smallest absolute Gasteiger partial charge is 0.381 e. The summed E-state index contributed by atoms with van der Waals surface area (Å²) in [5.74, 6) is 0.342. The average molecular weight is 204 g/mol. The first-order valence-corrected chi connectivity index (χ1v) is 4.29. The van der Waals surface area contributed by atoms with E-state index < -0.39 is 5.97 Å². The van der Waals surface area contributed by atoms with Crippen molar-refractivity contribution in [2.45, 2.75) is 0 Å². The highest BCUT2D eigenvalue weighted by Gasteiger charge is 2.33. The predicted octanol–water partition coefficient (Wildman–Crippen LogP) is 1.95. The summed E-state index contributed by atoms with van der Waals surface area (Å²) < 4.78 is 14.7. The van der Waals surface area contributed by atoms with Gasteiger partial charge in [-0.2, -0.15) is 0 Å². The Hall–Kier alpha value is -2.23. The summed E-state index contributed by atoms with van der Waals surface area (Å²) in [4.78, 5) is 10.8. The van der Waals surface area contributed by atoms with Gasteiger partial charge in [0.05, 0.1) is 0 Å². The lowest BCUT2D eigenvalue weighted by molar-refractivity contribution is -0.135. The quantitative estimate of drug-likeness (QED) is 0.555. The molecule has 76 valence electrons. The van der Waals surface area contributed by atoms with Crippen LogP contribution in [0.15, 0.2) is 54.9 Å². The zero-order chi connectivity index (χ0) is 10.7. The Morgan fingerprint density at radius 3 is 2.67 bits per heavy atom. The highest BCUT2D eigenvalue weighted by atomic mass is 16.8. The standard InChI is InChI=1S/C11H8O4/c1-2-9(12)14-11-10(15-11)13-8-6-4-3-5-7-8/h2-7H,1H2. The lowest BCUT2D eigenvalue weighted by Crippen LogP contribution is -1.93. The second-order valence-electron chi connectivity index (χ2n) is 2.72. The molecule has 0 spiro atoms. The summed E-state index contributed by atoms with van der Waals surface area (Å²) in [6.45, 7) is 3.26. The van der Waals surface area contributed by atoms with Crippen molar-refractivity contribution in [2.24, 2.45) is 0 Å². The number of hydrogen-bond donors (Lipinski definition) is 0. The first kappa shape index (κ1) is 9.33. The lowest BCUT2D eigenvalue weighted by Gasteiger charge is -1.94. The largest absolute Gasteiger partial charge is 0.421 e. The maximum atomic E-state index is 10.8. The second-order valence-corrected chi connectivity index (χ2v) is 2.72. The lowest BCUT2D eigenvalue weighted by atomic mass is 10.3. The van der Waals surface area contributed by atoms with Gasteiger partial charge < -0.3 is 14.2 Å². The van der Waals surface area contributed by atoms with E-state index in [1.165, 1.54) is 0 Å². The molecule has 1 aliphatic rings. The minimum atomic E-state index is -0.573. The number of carbonyl (C=O) groups excluding carboxylic acids is 1. The molecule has 1 aromatic carbocycles. The Bertz CT molecular complexity index is 419. The van der Waals surface area contributed by atoms with Crippen LogP contribution < -0.4 is 4.74 Å². The van der Waals surface area contributed by atoms with Crippen molar-refractivity contribution in [1.82, 2.24) is 0 Å². The molecule has 0 saturated heterocycles. The van der Waals surface area contributed by atoms with Crippen LogP contribution in [-0.2, 0) is 14.3 Å². The normalized spacial score (nSPS) is 12.8. The number of carbonyl (C=O) groups is 1. The first-order chi connectivity index (χ1) is 7.29. The van der Waals surface area contributed by atoms with Gasteiger partial charge in [-0.3, -0.25) is 0 Å². The number of esters is 1. The van der Waals surface area contributed by atoms with Crippen LogP contribution in [0, 0.1) is 0 Å². The third kappa shape index (κ3) is 2.37. The van der Waals surface area contributed by atoms with Crippen LogP contribution in [0.5, 0.6) is 5.75 Å². The van der Waals surface area contributed by atoms with Gasteiger partial charge in [0.15, 0.2) is 0 Å². The molecule has 2 rings (SSSR count). The Morgan fingerprint density at radius 1 is 1.27 bits per heavy atom. The molecular formula is C11H8O4. The van der Waals surface area contributed by atoms with Gasteiger partial charge in [0.2, 0.25) is 0 Å². The van der Waals surface area contributed by atoms with Crippen LogP contribution in [0.4, 0.5) is 0 Å². The van der Waals surface area contributed by atoms with Gasteiger partial charge in [0, 0.05) is 6.08 Å². The molecule has 1 aromatic rings. The molecule has 0 aromatic heterocycles. The van der Waals surface area contributed by atoms with Crippen molar-refractivity contribution in [3.8, 4) is 5.75 Å². The van der Waals surface area contributed by atoms with Crippen LogP contribution in [0.1, 0.15) is 0 Å². The summed E-state index contributed by atoms with van der Waals surface area (Å²) >= 11 is 0. The second kappa shape index (κ2) is 3.88. The highest BCUT2D eigenvalue weighted by molar-refractivity contribution is 5.82. The molecule has 0 N–H and O–H groups in total. The summed E-state index contributed by atoms with van der Waals surface area (Å²) in [7, 11) is 0. The Kier molecular flexibility index (Phi) is 2.41. The van der Waals surface area contributed by atoms with Gasteiger partial charge in [-0.05, 0) is 12.1 Å². The van der Waals surface area contributed by atoms with Crippen molar-refractivity contribution >= 4 is 5.97 Å². The van der Waals surface area contributed by atoms with E-state index in [9.17, 15) is 4.79 Å². The van der Waals surface area contributed by atoms with E-state index in [0.717, 1.165) is 6.08 Å². The minimum absolute atomic E-state index is 0.0868. The highest BCUT2D eigenvalue weighted by Crippen LogP contribution is 2.29. The number of hydrogen-bond acceptors (Lipinski definition) is 4. The Morgan fingerprint density at radius 2 is 2.00 bits per heavy atom. The predicted molar refractivity (Wildman–Crippen MR) is 51.5 cm³/mol. The zero-order valence-corrected chi connectivity index (χ0v) is 7.80. The first-order valence-electron chi connectivity index (χ1n) is 4.29. The molecule has 0 bridgehead atoms. The third-order valence-corrected chi connectivity index (χ3v) is 1.62. The molecule has 1 heterocycles. The Balaban J connectivity index is 1.93. The van der Waals surface area contributed by atoms with Gasteiger partial charge in [0.25, 0.3) is 0 Å². The van der Waals surface area contributed by atoms with Gasteiger partial charge in [-0.25, -0.2) is 4.79 Å². The summed E-state index contributed by atoms with van der Waals surface area (Å²) in [5, 5.41) is 0. The van der Waals surface area contributed by atoms with Crippen molar-refractivity contribution in [3.63, 3.8) is 0 Å². The van der Waals surface area contributed by atoms with Crippen molar-refractivity contribution in [1.29, 1.82) is 0 Å². The molecule has 4 nitrogen and oxygen atoms in total. The molecule has 0 fully saturated rings. The fourth-order valence-corrected chi connectivity index (χ4v) is 0.912. The van der Waals surface area contributed by atoms with Crippen LogP contribution in [0.25, 0.3) is 0 Å². The van der Waals surface area contributed by atoms with Gasteiger partial charge in [-0.1, -0.05) is 24.8 Å². The number of benzene rings is 1. The zero-order valence-electron chi connectivity index (χ0n) is 7.80. The van der Waals surface area contributed by atoms with Gasteiger partial charge in [0.1, 0.15) is 5.75 Å². The number of rotatable bonds is 4. The number of ether oxygens (including phenoxy) is 3. The minimum Gasteiger partial charge on any atom is -0.421 e. The molecule has 0 unspecified atom stereocenters. The number of para-hydroxylation sites is 1. The van der Waals surface area contributed by atoms with Gasteiger partial charge in [-0.15, -0.1) is 0 Å². The van der Waals surface area contributed by atoms with E-state index in [-0.39, 0.29) is 11.9 Å². The monoisotopic (exact) mass is 204 g/mol. The van der Waals surface area contributed by atoms with Crippen LogP contribution in [0.3, 0.4) is 0 Å². The molecule has 0 aliphatic carbocycles. The van der Waals surface area contributed by atoms with Crippen LogP contribution >= 0.6 is 0 Å². The van der Waals surface area contributed by atoms with Crippen molar-refractivity contribution in [2.75, 3.05) is 0 Å². The maximum absolute atomic E-state index is 10.8. The molecule has 1 aliphatic heterocycles. The van der Waals surface area contributed by atoms with Crippen molar-refractivity contribution in [3.05, 3.63) is 54.9 Å². The fraction of sp³-hybridized carbons (Fsp3) is 0. The Labute approximate surface area is 86.4 Å². The summed E-state index contributed by atoms with van der Waals surface area (Å²) in [6, 6.07) is 9.05. The molecular weight excluding hydrogens is 196 g/mol. The van der Waals surface area contributed by atoms with Crippen molar-refractivity contribution < 1.29 is 19.0 Å². The van der Waals surface area contributed by atoms with Crippen LogP contribution in [0.2, 0.25) is 0 Å². The van der Waals surface area contributed by atoms with E-state index in [4.69, 9.17) is 9.47 Å². The molecule has 0 atom stereocenters.